The van der Waals surface area contributed by atoms with Crippen LogP contribution in [-0.2, 0) is 6.42 Å². The molecule has 20 heavy (non-hydrogen) atoms. The van der Waals surface area contributed by atoms with Crippen molar-refractivity contribution in [1.29, 1.82) is 5.26 Å². The van der Waals surface area contributed by atoms with E-state index in [4.69, 9.17) is 5.26 Å². The molecule has 0 unspecified atom stereocenters. The molecule has 98 valence electrons. The molecule has 0 amide bonds. The summed E-state index contributed by atoms with van der Waals surface area (Å²) in [4.78, 5) is 1.12. The van der Waals surface area contributed by atoms with Crippen molar-refractivity contribution in [2.45, 2.75) is 6.42 Å². The standard InChI is InChI=1S/C14H9FN4S/c15-10-3-5-11(6-4-10)19-14(13(9-16)17-18-19)8-12-2-1-7-20-12/h1-7H,8H2. The Hall–Kier alpha value is -2.52. The first kappa shape index (κ1) is 12.5. The van der Waals surface area contributed by atoms with Crippen LogP contribution in [0.4, 0.5) is 4.39 Å². The molecule has 0 bridgehead atoms. The van der Waals surface area contributed by atoms with Gasteiger partial charge in [-0.25, -0.2) is 9.07 Å². The summed E-state index contributed by atoms with van der Waals surface area (Å²) in [5, 5.41) is 19.0. The minimum Gasteiger partial charge on any atom is -0.216 e. The molecule has 3 aromatic rings. The quantitative estimate of drug-likeness (QED) is 0.743. The number of hydrogen-bond donors (Lipinski definition) is 0. The van der Waals surface area contributed by atoms with E-state index < -0.39 is 0 Å². The monoisotopic (exact) mass is 284 g/mol. The number of nitrogens with zero attached hydrogens (tertiary/aromatic N) is 4. The zero-order chi connectivity index (χ0) is 13.9. The molecule has 4 nitrogen and oxygen atoms in total. The van der Waals surface area contributed by atoms with E-state index in [0.29, 0.717) is 23.5 Å². The van der Waals surface area contributed by atoms with Gasteiger partial charge in [-0.2, -0.15) is 5.26 Å². The van der Waals surface area contributed by atoms with Gasteiger partial charge in [-0.15, -0.1) is 16.4 Å². The van der Waals surface area contributed by atoms with Gasteiger partial charge in [0, 0.05) is 11.3 Å². The number of benzene rings is 1. The summed E-state index contributed by atoms with van der Waals surface area (Å²) in [6, 6.07) is 11.9. The average molecular weight is 284 g/mol. The molecule has 0 N–H and O–H groups in total. The first-order chi connectivity index (χ1) is 9.78. The highest BCUT2D eigenvalue weighted by Gasteiger charge is 2.15. The van der Waals surface area contributed by atoms with Gasteiger partial charge in [0.25, 0.3) is 0 Å². The van der Waals surface area contributed by atoms with Crippen LogP contribution in [0.5, 0.6) is 0 Å². The Morgan fingerprint density at radius 2 is 2.05 bits per heavy atom. The van der Waals surface area contributed by atoms with Crippen LogP contribution in [0, 0.1) is 17.1 Å². The molecular formula is C14H9FN4S. The van der Waals surface area contributed by atoms with Crippen molar-refractivity contribution in [3.63, 3.8) is 0 Å². The lowest BCUT2D eigenvalue weighted by atomic mass is 10.2. The molecule has 0 fully saturated rings. The lowest BCUT2D eigenvalue weighted by molar-refractivity contribution is 0.626. The maximum absolute atomic E-state index is 13.0. The molecule has 2 heterocycles. The van der Waals surface area contributed by atoms with Gasteiger partial charge < -0.3 is 0 Å². The Morgan fingerprint density at radius 1 is 1.25 bits per heavy atom. The SMILES string of the molecule is N#Cc1nnn(-c2ccc(F)cc2)c1Cc1cccs1. The predicted molar refractivity (Wildman–Crippen MR) is 73.2 cm³/mol. The van der Waals surface area contributed by atoms with Crippen molar-refractivity contribution >= 4 is 11.3 Å². The molecule has 2 aromatic heterocycles. The third-order valence-electron chi connectivity index (χ3n) is 2.86. The Morgan fingerprint density at radius 3 is 2.70 bits per heavy atom. The molecule has 0 radical (unpaired) electrons. The lowest BCUT2D eigenvalue weighted by Crippen LogP contribution is -2.03. The zero-order valence-electron chi connectivity index (χ0n) is 10.3. The van der Waals surface area contributed by atoms with Crippen LogP contribution in [0.3, 0.4) is 0 Å². The first-order valence-corrected chi connectivity index (χ1v) is 6.79. The van der Waals surface area contributed by atoms with Crippen molar-refractivity contribution in [3.8, 4) is 11.8 Å². The van der Waals surface area contributed by atoms with E-state index in [-0.39, 0.29) is 5.82 Å². The molecule has 1 aromatic carbocycles. The van der Waals surface area contributed by atoms with Gasteiger partial charge in [-0.3, -0.25) is 0 Å². The average Bonchev–Trinajstić information content (AvgIpc) is 3.10. The van der Waals surface area contributed by atoms with E-state index in [1.165, 1.54) is 12.1 Å². The smallest absolute Gasteiger partial charge is 0.186 e. The van der Waals surface area contributed by atoms with Crippen LogP contribution in [0.15, 0.2) is 41.8 Å². The zero-order valence-corrected chi connectivity index (χ0v) is 11.1. The lowest BCUT2D eigenvalue weighted by Gasteiger charge is -2.05. The molecule has 6 heteroatoms. The predicted octanol–water partition coefficient (Wildman–Crippen LogP) is 2.93. The first-order valence-electron chi connectivity index (χ1n) is 5.91. The van der Waals surface area contributed by atoms with Gasteiger partial charge in [0.1, 0.15) is 11.9 Å². The van der Waals surface area contributed by atoms with Crippen LogP contribution in [0.25, 0.3) is 5.69 Å². The second kappa shape index (κ2) is 5.23. The third kappa shape index (κ3) is 2.31. The number of aromatic nitrogens is 3. The molecule has 0 aliphatic carbocycles. The van der Waals surface area contributed by atoms with Crippen molar-refractivity contribution in [3.05, 3.63) is 63.9 Å². The molecule has 0 spiro atoms. The largest absolute Gasteiger partial charge is 0.216 e. The molecule has 0 aliphatic rings. The Kier molecular flexibility index (Phi) is 3.27. The van der Waals surface area contributed by atoms with Crippen molar-refractivity contribution in [2.24, 2.45) is 0 Å². The number of halogens is 1. The second-order valence-corrected chi connectivity index (χ2v) is 5.17. The van der Waals surface area contributed by atoms with Gasteiger partial charge in [0.2, 0.25) is 0 Å². The third-order valence-corrected chi connectivity index (χ3v) is 3.74. The topological polar surface area (TPSA) is 54.5 Å². The molecule has 3 rings (SSSR count). The number of hydrogen-bond acceptors (Lipinski definition) is 4. The van der Waals surface area contributed by atoms with Crippen LogP contribution < -0.4 is 0 Å². The maximum Gasteiger partial charge on any atom is 0.186 e. The molecule has 0 saturated heterocycles. The van der Waals surface area contributed by atoms with Gasteiger partial charge >= 0.3 is 0 Å². The Labute approximate surface area is 118 Å². The molecule has 0 saturated carbocycles. The summed E-state index contributed by atoms with van der Waals surface area (Å²) in [6.07, 6.45) is 0.574. The Bertz CT molecular complexity index is 754. The van der Waals surface area contributed by atoms with Crippen LogP contribution in [-0.4, -0.2) is 15.0 Å². The number of nitriles is 1. The van der Waals surface area contributed by atoms with E-state index in [2.05, 4.69) is 10.3 Å². The summed E-state index contributed by atoms with van der Waals surface area (Å²) in [7, 11) is 0. The van der Waals surface area contributed by atoms with Crippen LogP contribution in [0.1, 0.15) is 16.3 Å². The highest BCUT2D eigenvalue weighted by molar-refractivity contribution is 7.09. The van der Waals surface area contributed by atoms with E-state index >= 15 is 0 Å². The summed E-state index contributed by atoms with van der Waals surface area (Å²) >= 11 is 1.61. The highest BCUT2D eigenvalue weighted by atomic mass is 32.1. The van der Waals surface area contributed by atoms with E-state index in [9.17, 15) is 4.39 Å². The maximum atomic E-state index is 13.0. The van der Waals surface area contributed by atoms with E-state index in [1.54, 1.807) is 28.2 Å². The van der Waals surface area contributed by atoms with Crippen molar-refractivity contribution in [1.82, 2.24) is 15.0 Å². The number of rotatable bonds is 3. The van der Waals surface area contributed by atoms with Crippen molar-refractivity contribution < 1.29 is 4.39 Å². The summed E-state index contributed by atoms with van der Waals surface area (Å²) in [6.45, 7) is 0. The minimum absolute atomic E-state index is 0.294. The second-order valence-electron chi connectivity index (χ2n) is 4.14. The summed E-state index contributed by atoms with van der Waals surface area (Å²) in [5.74, 6) is -0.311. The summed E-state index contributed by atoms with van der Waals surface area (Å²) in [5.41, 5.74) is 1.69. The van der Waals surface area contributed by atoms with Gasteiger partial charge in [-0.1, -0.05) is 11.3 Å². The fourth-order valence-corrected chi connectivity index (χ4v) is 2.62. The van der Waals surface area contributed by atoms with Crippen LogP contribution in [0.2, 0.25) is 0 Å². The fraction of sp³-hybridized carbons (Fsp3) is 0.0714. The minimum atomic E-state index is -0.311. The molecule has 0 aliphatic heterocycles. The van der Waals surface area contributed by atoms with Gasteiger partial charge in [-0.05, 0) is 35.7 Å². The van der Waals surface area contributed by atoms with Crippen LogP contribution >= 0.6 is 11.3 Å². The van der Waals surface area contributed by atoms with Gasteiger partial charge in [0.15, 0.2) is 5.69 Å². The van der Waals surface area contributed by atoms with E-state index in [1.807, 2.05) is 23.6 Å². The van der Waals surface area contributed by atoms with Gasteiger partial charge in [0.05, 0.1) is 11.4 Å². The Balaban J connectivity index is 2.05. The molecular weight excluding hydrogens is 275 g/mol. The van der Waals surface area contributed by atoms with E-state index in [0.717, 1.165) is 4.88 Å². The summed E-state index contributed by atoms with van der Waals surface area (Å²) < 4.78 is 14.6. The molecule has 0 atom stereocenters. The van der Waals surface area contributed by atoms with Crippen molar-refractivity contribution in [2.75, 3.05) is 0 Å². The highest BCUT2D eigenvalue weighted by Crippen LogP contribution is 2.19. The number of thiophene rings is 1. The normalized spacial score (nSPS) is 10.4. The fourth-order valence-electron chi connectivity index (χ4n) is 1.91.